The number of para-hydroxylation sites is 1. The van der Waals surface area contributed by atoms with Crippen LogP contribution in [0.3, 0.4) is 0 Å². The van der Waals surface area contributed by atoms with Crippen molar-refractivity contribution in [2.75, 3.05) is 13.2 Å². The zero-order chi connectivity index (χ0) is 12.3. The number of aliphatic hydroxyl groups excluding tert-OH is 1. The molecular weight excluding hydrogens is 214 g/mol. The number of hydrogen-bond donors (Lipinski definition) is 2. The SMILES string of the molecule is CC1(C)CC1NCC(O)COc1ccccc1. The molecule has 3 nitrogen and oxygen atoms in total. The molecule has 0 saturated heterocycles. The van der Waals surface area contributed by atoms with Gasteiger partial charge in [-0.15, -0.1) is 0 Å². The van der Waals surface area contributed by atoms with Gasteiger partial charge in [0.05, 0.1) is 0 Å². The van der Waals surface area contributed by atoms with Crippen LogP contribution in [0.4, 0.5) is 0 Å². The Morgan fingerprint density at radius 3 is 2.65 bits per heavy atom. The summed E-state index contributed by atoms with van der Waals surface area (Å²) in [6, 6.07) is 10.1. The van der Waals surface area contributed by atoms with E-state index in [0.717, 1.165) is 5.75 Å². The van der Waals surface area contributed by atoms with Crippen molar-refractivity contribution in [1.29, 1.82) is 0 Å². The molecule has 2 N–H and O–H groups in total. The molecule has 0 radical (unpaired) electrons. The van der Waals surface area contributed by atoms with E-state index < -0.39 is 6.10 Å². The number of nitrogens with one attached hydrogen (secondary N) is 1. The Bertz CT molecular complexity index is 350. The molecule has 2 rings (SSSR count). The summed E-state index contributed by atoms with van der Waals surface area (Å²) in [6.07, 6.45) is 0.741. The molecule has 1 aromatic carbocycles. The summed E-state index contributed by atoms with van der Waals surface area (Å²) in [6.45, 7) is 5.40. The third-order valence-electron chi connectivity index (χ3n) is 3.30. The van der Waals surface area contributed by atoms with Gasteiger partial charge in [0.25, 0.3) is 0 Å². The predicted molar refractivity (Wildman–Crippen MR) is 68.1 cm³/mol. The normalized spacial score (nSPS) is 23.1. The fourth-order valence-corrected chi connectivity index (χ4v) is 1.86. The van der Waals surface area contributed by atoms with Crippen LogP contribution in [0.25, 0.3) is 0 Å². The second kappa shape index (κ2) is 5.07. The van der Waals surface area contributed by atoms with Gasteiger partial charge in [-0.1, -0.05) is 32.0 Å². The summed E-state index contributed by atoms with van der Waals surface area (Å²) < 4.78 is 5.48. The van der Waals surface area contributed by atoms with Gasteiger partial charge in [-0.3, -0.25) is 0 Å². The molecule has 94 valence electrons. The van der Waals surface area contributed by atoms with E-state index in [1.165, 1.54) is 6.42 Å². The van der Waals surface area contributed by atoms with Crippen LogP contribution in [-0.4, -0.2) is 30.4 Å². The zero-order valence-corrected chi connectivity index (χ0v) is 10.5. The van der Waals surface area contributed by atoms with E-state index >= 15 is 0 Å². The van der Waals surface area contributed by atoms with E-state index in [0.29, 0.717) is 24.6 Å². The van der Waals surface area contributed by atoms with Crippen LogP contribution in [0.5, 0.6) is 5.75 Å². The van der Waals surface area contributed by atoms with Crippen molar-refractivity contribution in [3.8, 4) is 5.75 Å². The molecule has 1 aliphatic carbocycles. The van der Waals surface area contributed by atoms with Crippen LogP contribution in [0.2, 0.25) is 0 Å². The highest BCUT2D eigenvalue weighted by Gasteiger charge is 2.45. The van der Waals surface area contributed by atoms with E-state index in [1.807, 2.05) is 30.3 Å². The van der Waals surface area contributed by atoms with Crippen LogP contribution in [-0.2, 0) is 0 Å². The van der Waals surface area contributed by atoms with Crippen molar-refractivity contribution < 1.29 is 9.84 Å². The van der Waals surface area contributed by atoms with Crippen molar-refractivity contribution in [2.24, 2.45) is 5.41 Å². The van der Waals surface area contributed by atoms with Gasteiger partial charge in [-0.25, -0.2) is 0 Å². The second-order valence-corrected chi connectivity index (χ2v) is 5.43. The quantitative estimate of drug-likeness (QED) is 0.790. The smallest absolute Gasteiger partial charge is 0.119 e. The molecule has 2 atom stereocenters. The number of rotatable bonds is 6. The lowest BCUT2D eigenvalue weighted by Crippen LogP contribution is -2.34. The fraction of sp³-hybridized carbons (Fsp3) is 0.571. The van der Waals surface area contributed by atoms with Gasteiger partial charge in [-0.05, 0) is 24.0 Å². The zero-order valence-electron chi connectivity index (χ0n) is 10.5. The molecule has 0 amide bonds. The Kier molecular flexibility index (Phi) is 3.69. The Labute approximate surface area is 103 Å². The maximum Gasteiger partial charge on any atom is 0.119 e. The molecule has 0 spiro atoms. The largest absolute Gasteiger partial charge is 0.491 e. The lowest BCUT2D eigenvalue weighted by Gasteiger charge is -2.14. The minimum Gasteiger partial charge on any atom is -0.491 e. The molecule has 1 aromatic rings. The molecule has 0 heterocycles. The number of aliphatic hydroxyl groups is 1. The summed E-state index contributed by atoms with van der Waals surface area (Å²) in [5, 5.41) is 13.1. The van der Waals surface area contributed by atoms with E-state index in [1.54, 1.807) is 0 Å². The highest BCUT2D eigenvalue weighted by atomic mass is 16.5. The third-order valence-corrected chi connectivity index (χ3v) is 3.30. The van der Waals surface area contributed by atoms with Gasteiger partial charge in [0, 0.05) is 12.6 Å². The number of ether oxygens (including phenoxy) is 1. The predicted octanol–water partition coefficient (Wildman–Crippen LogP) is 1.81. The molecule has 0 bridgehead atoms. The standard InChI is InChI=1S/C14H21NO2/c1-14(2)8-13(14)15-9-11(16)10-17-12-6-4-3-5-7-12/h3-7,11,13,15-16H,8-10H2,1-2H3. The summed E-state index contributed by atoms with van der Waals surface area (Å²) in [5.74, 6) is 0.804. The van der Waals surface area contributed by atoms with Gasteiger partial charge in [0.2, 0.25) is 0 Å². The Balaban J connectivity index is 1.63. The van der Waals surface area contributed by atoms with E-state index in [2.05, 4.69) is 19.2 Å². The molecule has 0 aliphatic heterocycles. The number of hydrogen-bond acceptors (Lipinski definition) is 3. The number of benzene rings is 1. The molecule has 1 saturated carbocycles. The van der Waals surface area contributed by atoms with Crippen LogP contribution in [0.15, 0.2) is 30.3 Å². The molecule has 1 aliphatic rings. The third kappa shape index (κ3) is 3.72. The first kappa shape index (κ1) is 12.4. The van der Waals surface area contributed by atoms with Gasteiger partial charge >= 0.3 is 0 Å². The molecular formula is C14H21NO2. The van der Waals surface area contributed by atoms with E-state index in [-0.39, 0.29) is 0 Å². The summed E-state index contributed by atoms with van der Waals surface area (Å²) >= 11 is 0. The molecule has 0 aromatic heterocycles. The summed E-state index contributed by atoms with van der Waals surface area (Å²) in [4.78, 5) is 0. The van der Waals surface area contributed by atoms with Crippen molar-refractivity contribution in [3.63, 3.8) is 0 Å². The van der Waals surface area contributed by atoms with Crippen LogP contribution in [0, 0.1) is 5.41 Å². The monoisotopic (exact) mass is 235 g/mol. The lowest BCUT2D eigenvalue weighted by atomic mass is 10.2. The van der Waals surface area contributed by atoms with Crippen LogP contribution in [0.1, 0.15) is 20.3 Å². The topological polar surface area (TPSA) is 41.5 Å². The lowest BCUT2D eigenvalue weighted by molar-refractivity contribution is 0.105. The van der Waals surface area contributed by atoms with Crippen LogP contribution >= 0.6 is 0 Å². The fourth-order valence-electron chi connectivity index (χ4n) is 1.86. The first-order chi connectivity index (χ1) is 8.08. The maximum atomic E-state index is 9.77. The second-order valence-electron chi connectivity index (χ2n) is 5.43. The van der Waals surface area contributed by atoms with Crippen molar-refractivity contribution in [3.05, 3.63) is 30.3 Å². The molecule has 17 heavy (non-hydrogen) atoms. The van der Waals surface area contributed by atoms with Gasteiger partial charge in [0.15, 0.2) is 0 Å². The minimum atomic E-state index is -0.452. The van der Waals surface area contributed by atoms with E-state index in [4.69, 9.17) is 4.74 Å². The highest BCUT2D eigenvalue weighted by molar-refractivity contribution is 5.20. The Morgan fingerprint density at radius 1 is 1.41 bits per heavy atom. The van der Waals surface area contributed by atoms with E-state index in [9.17, 15) is 5.11 Å². The average Bonchev–Trinajstić information content (AvgIpc) is 2.93. The minimum absolute atomic E-state index is 0.337. The van der Waals surface area contributed by atoms with Crippen molar-refractivity contribution in [2.45, 2.75) is 32.4 Å². The molecule has 2 unspecified atom stereocenters. The van der Waals surface area contributed by atoms with Gasteiger partial charge in [-0.2, -0.15) is 0 Å². The summed E-state index contributed by atoms with van der Waals surface area (Å²) in [7, 11) is 0. The van der Waals surface area contributed by atoms with Gasteiger partial charge in [0.1, 0.15) is 18.5 Å². The first-order valence-corrected chi connectivity index (χ1v) is 6.17. The van der Waals surface area contributed by atoms with Crippen molar-refractivity contribution in [1.82, 2.24) is 5.32 Å². The molecule has 1 fully saturated rings. The maximum absolute atomic E-state index is 9.77. The van der Waals surface area contributed by atoms with Gasteiger partial charge < -0.3 is 15.2 Å². The Hall–Kier alpha value is -1.06. The average molecular weight is 235 g/mol. The summed E-state index contributed by atoms with van der Waals surface area (Å²) in [5.41, 5.74) is 0.403. The Morgan fingerprint density at radius 2 is 2.06 bits per heavy atom. The first-order valence-electron chi connectivity index (χ1n) is 6.17. The van der Waals surface area contributed by atoms with Crippen LogP contribution < -0.4 is 10.1 Å². The highest BCUT2D eigenvalue weighted by Crippen LogP contribution is 2.44. The van der Waals surface area contributed by atoms with Crippen molar-refractivity contribution >= 4 is 0 Å². The molecule has 3 heteroatoms.